The third kappa shape index (κ3) is 4.18. The van der Waals surface area contributed by atoms with E-state index in [2.05, 4.69) is 0 Å². The highest BCUT2D eigenvalue weighted by Crippen LogP contribution is 2.36. The van der Waals surface area contributed by atoms with Crippen molar-refractivity contribution in [3.8, 4) is 0 Å². The second-order valence-corrected chi connectivity index (χ2v) is 8.73. The number of ether oxygens (including phenoxy) is 2. The monoisotopic (exact) mass is 356 g/mol. The molecule has 6 nitrogen and oxygen atoms in total. The lowest BCUT2D eigenvalue weighted by molar-refractivity contribution is 0.00578. The van der Waals surface area contributed by atoms with Crippen LogP contribution in [-0.4, -0.2) is 53.0 Å². The van der Waals surface area contributed by atoms with E-state index in [1.807, 2.05) is 27.7 Å². The molecular formula is C16H25BO6S. The zero-order valence-corrected chi connectivity index (χ0v) is 15.7. The molecule has 24 heavy (non-hydrogen) atoms. The molecule has 0 aliphatic carbocycles. The molecule has 1 heterocycles. The molecule has 1 aliphatic heterocycles. The number of methoxy groups -OCH3 is 1. The van der Waals surface area contributed by atoms with Gasteiger partial charge in [-0.3, -0.25) is 0 Å². The summed E-state index contributed by atoms with van der Waals surface area (Å²) in [4.78, 5) is 0.209. The zero-order valence-electron chi connectivity index (χ0n) is 14.9. The first kappa shape index (κ1) is 19.4. The van der Waals surface area contributed by atoms with Gasteiger partial charge in [-0.05, 0) is 45.3 Å². The van der Waals surface area contributed by atoms with Crippen LogP contribution >= 0.6 is 0 Å². The van der Waals surface area contributed by atoms with Gasteiger partial charge in [0, 0.05) is 7.11 Å². The third-order valence-electron chi connectivity index (χ3n) is 4.43. The van der Waals surface area contributed by atoms with Crippen molar-refractivity contribution in [2.45, 2.75) is 43.8 Å². The van der Waals surface area contributed by atoms with Gasteiger partial charge < -0.3 is 18.8 Å². The van der Waals surface area contributed by atoms with Crippen LogP contribution in [0.15, 0.2) is 29.2 Å². The van der Waals surface area contributed by atoms with Gasteiger partial charge >= 0.3 is 7.12 Å². The first-order valence-electron chi connectivity index (χ1n) is 7.84. The molecule has 2 rings (SSSR count). The van der Waals surface area contributed by atoms with Crippen molar-refractivity contribution in [2.24, 2.45) is 0 Å². The highest BCUT2D eigenvalue weighted by molar-refractivity contribution is 7.91. The molecular weight excluding hydrogens is 331 g/mol. The molecule has 0 unspecified atom stereocenters. The SMILES string of the molecule is COCCOCS(=O)(=O)c1ccc(B2OC(C)(C)C(C)(C)O2)cc1. The first-order chi connectivity index (χ1) is 11.1. The molecule has 1 aromatic carbocycles. The molecule has 1 aliphatic rings. The van der Waals surface area contributed by atoms with Crippen molar-refractivity contribution in [1.82, 2.24) is 0 Å². The lowest BCUT2D eigenvalue weighted by Crippen LogP contribution is -2.41. The van der Waals surface area contributed by atoms with E-state index in [1.54, 1.807) is 24.3 Å². The summed E-state index contributed by atoms with van der Waals surface area (Å²) in [7, 11) is -2.46. The molecule has 0 spiro atoms. The topological polar surface area (TPSA) is 71.1 Å². The Balaban J connectivity index is 2.06. The highest BCUT2D eigenvalue weighted by atomic mass is 32.2. The van der Waals surface area contributed by atoms with Crippen molar-refractivity contribution >= 4 is 22.4 Å². The van der Waals surface area contributed by atoms with Crippen molar-refractivity contribution < 1.29 is 27.2 Å². The normalized spacial score (nSPS) is 19.6. The molecule has 1 aromatic rings. The van der Waals surface area contributed by atoms with Crippen LogP contribution in [0.4, 0.5) is 0 Å². The zero-order chi connectivity index (χ0) is 18.0. The Bertz CT molecular complexity index is 638. The van der Waals surface area contributed by atoms with E-state index >= 15 is 0 Å². The number of rotatable bonds is 7. The Kier molecular flexibility index (Phi) is 5.77. The Morgan fingerprint density at radius 1 is 1.00 bits per heavy atom. The molecule has 0 N–H and O–H groups in total. The van der Waals surface area contributed by atoms with Gasteiger partial charge in [0.2, 0.25) is 9.84 Å². The molecule has 1 saturated heterocycles. The van der Waals surface area contributed by atoms with Gasteiger partial charge in [-0.2, -0.15) is 0 Å². The smallest absolute Gasteiger partial charge is 0.399 e. The summed E-state index contributed by atoms with van der Waals surface area (Å²) in [5.74, 6) is -0.369. The summed E-state index contributed by atoms with van der Waals surface area (Å²) in [5, 5.41) is 0. The van der Waals surface area contributed by atoms with E-state index in [9.17, 15) is 8.42 Å². The van der Waals surface area contributed by atoms with Crippen LogP contribution in [0.25, 0.3) is 0 Å². The molecule has 0 atom stereocenters. The maximum atomic E-state index is 12.2. The van der Waals surface area contributed by atoms with Crippen molar-refractivity contribution in [3.63, 3.8) is 0 Å². The fourth-order valence-electron chi connectivity index (χ4n) is 2.19. The van der Waals surface area contributed by atoms with Gasteiger partial charge in [-0.1, -0.05) is 12.1 Å². The van der Waals surface area contributed by atoms with Crippen LogP contribution in [0.5, 0.6) is 0 Å². The summed E-state index contributed by atoms with van der Waals surface area (Å²) in [6, 6.07) is 6.53. The number of hydrogen-bond acceptors (Lipinski definition) is 6. The van der Waals surface area contributed by atoms with Crippen LogP contribution in [0.3, 0.4) is 0 Å². The lowest BCUT2D eigenvalue weighted by Gasteiger charge is -2.32. The fraction of sp³-hybridized carbons (Fsp3) is 0.625. The second kappa shape index (κ2) is 7.13. The van der Waals surface area contributed by atoms with Gasteiger partial charge in [0.15, 0.2) is 5.94 Å². The molecule has 0 bridgehead atoms. The second-order valence-electron chi connectivity index (χ2n) is 6.79. The van der Waals surface area contributed by atoms with Crippen LogP contribution < -0.4 is 5.46 Å². The molecule has 0 amide bonds. The minimum absolute atomic E-state index is 0.209. The summed E-state index contributed by atoms with van der Waals surface area (Å²) in [6.45, 7) is 8.50. The van der Waals surface area contributed by atoms with Crippen molar-refractivity contribution in [1.29, 1.82) is 0 Å². The number of hydrogen-bond donors (Lipinski definition) is 0. The van der Waals surface area contributed by atoms with Crippen LogP contribution in [0.2, 0.25) is 0 Å². The highest BCUT2D eigenvalue weighted by Gasteiger charge is 2.51. The summed E-state index contributed by atoms with van der Waals surface area (Å²) in [5.41, 5.74) is -0.0808. The maximum absolute atomic E-state index is 12.2. The number of benzene rings is 1. The van der Waals surface area contributed by atoms with Gasteiger partial charge in [0.1, 0.15) is 0 Å². The van der Waals surface area contributed by atoms with Crippen LogP contribution in [0, 0.1) is 0 Å². The average molecular weight is 356 g/mol. The van der Waals surface area contributed by atoms with Gasteiger partial charge in [-0.25, -0.2) is 8.42 Å². The molecule has 8 heteroatoms. The molecule has 1 fully saturated rings. The minimum atomic E-state index is -3.49. The standard InChI is InChI=1S/C16H25BO6S/c1-15(2)16(3,4)23-17(22-15)13-6-8-14(9-7-13)24(18,19)12-21-11-10-20-5/h6-9H,10-12H2,1-5H3. The van der Waals surface area contributed by atoms with E-state index in [0.29, 0.717) is 6.61 Å². The van der Waals surface area contributed by atoms with E-state index in [0.717, 1.165) is 5.46 Å². The molecule has 0 radical (unpaired) electrons. The quantitative estimate of drug-likeness (QED) is 0.543. The summed E-state index contributed by atoms with van der Waals surface area (Å²) in [6.07, 6.45) is 0. The van der Waals surface area contributed by atoms with Gasteiger partial charge in [-0.15, -0.1) is 0 Å². The largest absolute Gasteiger partial charge is 0.494 e. The number of sulfone groups is 1. The predicted octanol–water partition coefficient (Wildman–Crippen LogP) is 1.38. The van der Waals surface area contributed by atoms with Crippen LogP contribution in [0.1, 0.15) is 27.7 Å². The minimum Gasteiger partial charge on any atom is -0.399 e. The molecule has 0 saturated carbocycles. The third-order valence-corrected chi connectivity index (χ3v) is 5.90. The molecule has 0 aromatic heterocycles. The maximum Gasteiger partial charge on any atom is 0.494 e. The van der Waals surface area contributed by atoms with Crippen LogP contribution in [-0.2, 0) is 28.6 Å². The predicted molar refractivity (Wildman–Crippen MR) is 92.0 cm³/mol. The Morgan fingerprint density at radius 2 is 1.54 bits per heavy atom. The lowest BCUT2D eigenvalue weighted by atomic mass is 9.79. The Morgan fingerprint density at radius 3 is 2.04 bits per heavy atom. The molecule has 134 valence electrons. The van der Waals surface area contributed by atoms with Gasteiger partial charge in [0.05, 0.1) is 29.3 Å². The average Bonchev–Trinajstić information content (AvgIpc) is 2.72. The van der Waals surface area contributed by atoms with E-state index in [1.165, 1.54) is 7.11 Å². The summed E-state index contributed by atoms with van der Waals surface area (Å²) >= 11 is 0. The van der Waals surface area contributed by atoms with E-state index < -0.39 is 28.2 Å². The Hall–Kier alpha value is -0.925. The summed E-state index contributed by atoms with van der Waals surface area (Å²) < 4.78 is 46.3. The van der Waals surface area contributed by atoms with Crippen molar-refractivity contribution in [2.75, 3.05) is 26.3 Å². The fourth-order valence-corrected chi connectivity index (χ4v) is 3.21. The van der Waals surface area contributed by atoms with E-state index in [-0.39, 0.29) is 17.4 Å². The van der Waals surface area contributed by atoms with Gasteiger partial charge in [0.25, 0.3) is 0 Å². The first-order valence-corrected chi connectivity index (χ1v) is 9.49. The van der Waals surface area contributed by atoms with Crippen molar-refractivity contribution in [3.05, 3.63) is 24.3 Å². The Labute approximate surface area is 144 Å². The van der Waals surface area contributed by atoms with E-state index in [4.69, 9.17) is 18.8 Å².